The third-order valence-corrected chi connectivity index (χ3v) is 6.62. The van der Waals surface area contributed by atoms with Gasteiger partial charge in [0.1, 0.15) is 0 Å². The Morgan fingerprint density at radius 1 is 0.960 bits per heavy atom. The van der Waals surface area contributed by atoms with E-state index in [-0.39, 0.29) is 5.92 Å². The number of hydrogen-bond donors (Lipinski definition) is 0. The monoisotopic (exact) mass is 631 g/mol. The minimum atomic E-state index is -6.14. The predicted molar refractivity (Wildman–Crippen MR) is 52.5 cm³/mol. The van der Waals surface area contributed by atoms with E-state index in [4.69, 9.17) is 0 Å². The molecule has 2 rings (SSSR count). The van der Waals surface area contributed by atoms with Gasteiger partial charge in [0.25, 0.3) is 0 Å². The number of alkyl halides is 11. The maximum absolute atomic E-state index is 13.5. The Hall–Kier alpha value is -2.02. The average Bonchev–Trinajstić information content (AvgIpc) is 3.17. The average molecular weight is 633 g/mol. The molecular formula is C10H7CfF11NO2. The number of nitrogens with zero attached hydrogens (tertiary/aromatic N) is 1. The van der Waals surface area contributed by atoms with Crippen molar-refractivity contribution in [2.45, 2.75) is 43.3 Å². The zero-order valence-electron chi connectivity index (χ0n) is 11.4. The van der Waals surface area contributed by atoms with Crippen LogP contribution in [0.3, 0.4) is 0 Å². The zero-order chi connectivity index (χ0) is 19.5. The van der Waals surface area contributed by atoms with Gasteiger partial charge in [0.05, 0.1) is 0 Å². The molecule has 0 atom stereocenters. The van der Waals surface area contributed by atoms with Gasteiger partial charge >= 0.3 is 126 Å². The Labute approximate surface area is 127 Å². The number of rotatable bonds is 4. The van der Waals surface area contributed by atoms with Crippen molar-refractivity contribution in [1.82, 2.24) is 5.32 Å². The Kier molecular flexibility index (Phi) is 4.04. The van der Waals surface area contributed by atoms with Crippen LogP contribution in [0, 0.1) is 5.92 Å². The third-order valence-electron chi connectivity index (χ3n) is 2.89. The number of hydrogen-bond acceptors (Lipinski definition) is 3. The van der Waals surface area contributed by atoms with Gasteiger partial charge in [-0.25, -0.2) is 0 Å². The van der Waals surface area contributed by atoms with Crippen molar-refractivity contribution in [2.75, 3.05) is 6.61 Å². The molecule has 25 heavy (non-hydrogen) atoms. The van der Waals surface area contributed by atoms with Crippen LogP contribution in [0.25, 0.3) is 0 Å². The first-order valence-corrected chi connectivity index (χ1v) is 8.70. The van der Waals surface area contributed by atoms with Gasteiger partial charge in [-0.15, -0.1) is 0 Å². The number of morpholine rings is 1. The number of halogens is 11. The van der Waals surface area contributed by atoms with Crippen molar-refractivity contribution in [3.05, 3.63) is 0 Å². The Balaban J connectivity index is 2.48. The predicted octanol–water partition coefficient (Wildman–Crippen LogP) is 3.81. The van der Waals surface area contributed by atoms with Gasteiger partial charge in [0.15, 0.2) is 0 Å². The summed E-state index contributed by atoms with van der Waals surface area (Å²) in [5, 5.41) is -2.12. The molecule has 0 N–H and O–H groups in total. The van der Waals surface area contributed by atoms with Crippen LogP contribution in [-0.2, 0) is 9.47 Å². The van der Waals surface area contributed by atoms with Crippen LogP contribution in [0.15, 0.2) is 0 Å². The molecule has 0 unspecified atom stereocenters. The molecule has 15 heteroatoms. The molecule has 0 aromatic heterocycles. The quantitative estimate of drug-likeness (QED) is 0.348. The standard InChI is InChI=1S/C6H7F3O.C4F8NO.Cf/c7-6(8,9)4-10-3-5-1-2-5;5-1(6)3(9,10)14-4(11,12)2(7,8)13-1;/h5H,1-3H2;;/q;-1;+1. The molecule has 1 aliphatic carbocycles. The Morgan fingerprint density at radius 3 is 1.76 bits per heavy atom. The molecule has 2 fully saturated rings. The van der Waals surface area contributed by atoms with E-state index in [2.05, 4.69) is 9.47 Å². The summed E-state index contributed by atoms with van der Waals surface area (Å²) < 4.78 is 146. The second-order valence-electron chi connectivity index (χ2n) is 5.04. The van der Waals surface area contributed by atoms with E-state index in [9.17, 15) is 48.3 Å². The summed E-state index contributed by atoms with van der Waals surface area (Å²) in [6.07, 6.45) is -17.0. The van der Waals surface area contributed by atoms with Gasteiger partial charge in [-0.1, -0.05) is 0 Å². The second kappa shape index (κ2) is 5.24. The summed E-state index contributed by atoms with van der Waals surface area (Å²) in [7, 11) is 0. The SMILES string of the molecule is FC(F)(F)[C](OCC1CC1)=[Cf][N]1C(F)(F)C(F)(F)OC(F)(F)C1(F)F. The van der Waals surface area contributed by atoms with E-state index >= 15 is 0 Å². The van der Waals surface area contributed by atoms with Gasteiger partial charge in [0.2, 0.25) is 0 Å². The van der Waals surface area contributed by atoms with E-state index < -0.39 is 49.0 Å². The van der Waals surface area contributed by atoms with E-state index in [1.54, 1.807) is 0 Å². The number of ether oxygens (including phenoxy) is 2. The Bertz CT molecular complexity index is 532. The molecule has 1 heterocycles. The summed E-state index contributed by atoms with van der Waals surface area (Å²) in [6, 6.07) is -12.2. The zero-order valence-corrected chi connectivity index (χ0v) is 14.1. The van der Waals surface area contributed by atoms with Crippen LogP contribution >= 0.6 is 0 Å². The minimum absolute atomic E-state index is 0.374. The van der Waals surface area contributed by atoms with Gasteiger partial charge in [-0.2, -0.15) is 0 Å². The summed E-state index contributed by atoms with van der Waals surface area (Å²) in [5.41, 5.74) is 0. The molecule has 1 aliphatic heterocycles. The van der Waals surface area contributed by atoms with Crippen molar-refractivity contribution in [2.24, 2.45) is 5.92 Å². The van der Waals surface area contributed by atoms with Gasteiger partial charge < -0.3 is 0 Å². The van der Waals surface area contributed by atoms with Crippen LogP contribution in [-0.4, -0.2) is 49.0 Å². The molecule has 3 nitrogen and oxygen atoms in total. The fraction of sp³-hybridized carbons (Fsp3) is 0.900. The molecule has 0 spiro atoms. The second-order valence-corrected chi connectivity index (χ2v) is 8.00. The molecule has 0 aromatic rings. The molecule has 1 saturated heterocycles. The molecule has 0 amide bonds. The van der Waals surface area contributed by atoms with E-state index in [1.165, 1.54) is 0 Å². The normalized spacial score (nSPS) is 28.5. The van der Waals surface area contributed by atoms with Crippen molar-refractivity contribution in [1.29, 1.82) is 0 Å². The van der Waals surface area contributed by atoms with E-state index in [1.807, 2.05) is 0 Å². The molecule has 2 aliphatic rings. The molecule has 0 radical (unpaired) electrons. The molecule has 151 valence electrons. The molecule has 0 aromatic carbocycles. The van der Waals surface area contributed by atoms with Crippen molar-refractivity contribution >= 4 is 6.61 Å². The van der Waals surface area contributed by atoms with Crippen LogP contribution in [0.4, 0.5) is 48.3 Å². The molecule has 0 bridgehead atoms. The summed E-state index contributed by atoms with van der Waals surface area (Å²) in [6.45, 7) is -2.94. The van der Waals surface area contributed by atoms with Crippen LogP contribution in [0.2, 0.25) is 0 Å². The fourth-order valence-electron chi connectivity index (χ4n) is 1.44. The third kappa shape index (κ3) is 3.25. The van der Waals surface area contributed by atoms with Crippen LogP contribution in [0.5, 0.6) is 0 Å². The maximum atomic E-state index is 13.5. The van der Waals surface area contributed by atoms with Crippen LogP contribution < -0.4 is 0 Å². The van der Waals surface area contributed by atoms with E-state index in [0.717, 1.165) is 0 Å². The summed E-state index contributed by atoms with van der Waals surface area (Å²) in [4.78, 5) is 0. The van der Waals surface area contributed by atoms with Crippen molar-refractivity contribution in [3.8, 4) is 0 Å². The first kappa shape index (κ1) is 19.3. The Morgan fingerprint density at radius 2 is 1.40 bits per heavy atom. The van der Waals surface area contributed by atoms with E-state index in [0.29, 0.717) is 12.8 Å². The van der Waals surface area contributed by atoms with Gasteiger partial charge in [-0.05, 0) is 0 Å². The first-order valence-electron chi connectivity index (χ1n) is 6.20. The van der Waals surface area contributed by atoms with Gasteiger partial charge in [0, 0.05) is 0 Å². The summed E-state index contributed by atoms with van der Waals surface area (Å²) in [5.74, 6) is -0.374. The van der Waals surface area contributed by atoms with Gasteiger partial charge in [-0.3, -0.25) is 0 Å². The fourth-order valence-corrected chi connectivity index (χ4v) is 4.12. The topological polar surface area (TPSA) is 21.7 Å². The van der Waals surface area contributed by atoms with Crippen molar-refractivity contribution < 1.29 is 57.8 Å². The first-order chi connectivity index (χ1) is 11.0. The molecular weight excluding hydrogens is 626 g/mol. The molecule has 1 saturated carbocycles. The summed E-state index contributed by atoms with van der Waals surface area (Å²) >= 11 is 0. The van der Waals surface area contributed by atoms with Crippen molar-refractivity contribution in [3.63, 3.8) is 0 Å². The van der Waals surface area contributed by atoms with Crippen LogP contribution in [0.1, 0.15) is 12.8 Å².